The minimum absolute atomic E-state index is 0.0342. The van der Waals surface area contributed by atoms with Crippen LogP contribution in [0.15, 0.2) is 24.3 Å². The third-order valence-corrected chi connectivity index (χ3v) is 2.43. The van der Waals surface area contributed by atoms with Crippen LogP contribution < -0.4 is 10.6 Å². The van der Waals surface area contributed by atoms with Crippen molar-refractivity contribution in [3.8, 4) is 0 Å². The number of carbonyl (C=O) groups is 1. The number of hydrogen-bond acceptors (Lipinski definition) is 3. The summed E-state index contributed by atoms with van der Waals surface area (Å²) in [6.45, 7) is 1.97. The average molecular weight is 254 g/mol. The second-order valence-electron chi connectivity index (χ2n) is 3.86. The van der Waals surface area contributed by atoms with E-state index in [1.54, 1.807) is 25.3 Å². The van der Waals surface area contributed by atoms with Crippen molar-refractivity contribution in [2.75, 3.05) is 26.8 Å². The molecule has 0 aliphatic heterocycles. The summed E-state index contributed by atoms with van der Waals surface area (Å²) in [7, 11) is 1.59. The van der Waals surface area contributed by atoms with Gasteiger partial charge in [0, 0.05) is 38.7 Å². The molecule has 18 heavy (non-hydrogen) atoms. The van der Waals surface area contributed by atoms with Crippen LogP contribution in [0.25, 0.3) is 0 Å². The molecule has 5 heteroatoms. The first kappa shape index (κ1) is 14.6. The average Bonchev–Trinajstić information content (AvgIpc) is 2.37. The van der Waals surface area contributed by atoms with E-state index in [0.29, 0.717) is 38.2 Å². The lowest BCUT2D eigenvalue weighted by Crippen LogP contribution is -2.30. The van der Waals surface area contributed by atoms with Gasteiger partial charge in [-0.15, -0.1) is 0 Å². The van der Waals surface area contributed by atoms with E-state index in [9.17, 15) is 9.18 Å². The van der Waals surface area contributed by atoms with E-state index in [2.05, 4.69) is 10.6 Å². The van der Waals surface area contributed by atoms with Gasteiger partial charge in [-0.25, -0.2) is 4.39 Å². The normalized spacial score (nSPS) is 10.3. The molecule has 0 heterocycles. The van der Waals surface area contributed by atoms with E-state index < -0.39 is 0 Å². The zero-order valence-corrected chi connectivity index (χ0v) is 10.5. The van der Waals surface area contributed by atoms with Crippen molar-refractivity contribution in [2.24, 2.45) is 0 Å². The molecule has 0 saturated heterocycles. The predicted molar refractivity (Wildman–Crippen MR) is 67.6 cm³/mol. The van der Waals surface area contributed by atoms with Crippen LogP contribution in [0.1, 0.15) is 12.0 Å². The number of nitrogens with one attached hydrogen (secondary N) is 2. The van der Waals surface area contributed by atoms with Gasteiger partial charge in [0.15, 0.2) is 0 Å². The Labute approximate surface area is 107 Å². The summed E-state index contributed by atoms with van der Waals surface area (Å²) in [6.07, 6.45) is 0.373. The summed E-state index contributed by atoms with van der Waals surface area (Å²) < 4.78 is 18.1. The van der Waals surface area contributed by atoms with E-state index in [4.69, 9.17) is 4.74 Å². The van der Waals surface area contributed by atoms with Crippen LogP contribution in [0.2, 0.25) is 0 Å². The topological polar surface area (TPSA) is 50.4 Å². The molecular weight excluding hydrogens is 235 g/mol. The summed E-state index contributed by atoms with van der Waals surface area (Å²) >= 11 is 0. The van der Waals surface area contributed by atoms with Gasteiger partial charge >= 0.3 is 0 Å². The van der Waals surface area contributed by atoms with E-state index >= 15 is 0 Å². The van der Waals surface area contributed by atoms with Gasteiger partial charge in [-0.05, 0) is 6.07 Å². The summed E-state index contributed by atoms with van der Waals surface area (Å²) in [5, 5.41) is 5.75. The number of methoxy groups -OCH3 is 1. The Bertz CT molecular complexity index is 372. The molecule has 2 N–H and O–H groups in total. The second kappa shape index (κ2) is 8.60. The number of rotatable bonds is 8. The summed E-state index contributed by atoms with van der Waals surface area (Å²) in [4.78, 5) is 11.3. The van der Waals surface area contributed by atoms with Crippen LogP contribution in [0.3, 0.4) is 0 Å². The lowest BCUT2D eigenvalue weighted by Gasteiger charge is -2.06. The summed E-state index contributed by atoms with van der Waals surface area (Å²) in [6, 6.07) is 6.59. The van der Waals surface area contributed by atoms with Crippen LogP contribution in [0, 0.1) is 5.82 Å². The van der Waals surface area contributed by atoms with E-state index in [1.165, 1.54) is 6.07 Å². The highest BCUT2D eigenvalue weighted by Crippen LogP contribution is 2.05. The maximum Gasteiger partial charge on any atom is 0.221 e. The smallest absolute Gasteiger partial charge is 0.221 e. The molecule has 100 valence electrons. The molecule has 0 aromatic heterocycles. The first-order valence-corrected chi connectivity index (χ1v) is 5.94. The Kier molecular flexibility index (Phi) is 6.98. The third-order valence-electron chi connectivity index (χ3n) is 2.43. The molecule has 0 fully saturated rings. The Morgan fingerprint density at radius 3 is 2.83 bits per heavy atom. The Hall–Kier alpha value is -1.46. The highest BCUT2D eigenvalue weighted by molar-refractivity contribution is 5.75. The maximum absolute atomic E-state index is 13.2. The molecule has 4 nitrogen and oxygen atoms in total. The standard InChI is InChI=1S/C13H19FN2O2/c1-18-9-8-16-13(17)6-7-15-10-11-4-2-3-5-12(11)14/h2-5,15H,6-10H2,1H3,(H,16,17). The highest BCUT2D eigenvalue weighted by Gasteiger charge is 2.02. The number of amides is 1. The molecule has 0 saturated carbocycles. The number of ether oxygens (including phenoxy) is 1. The quantitative estimate of drug-likeness (QED) is 0.682. The Morgan fingerprint density at radius 1 is 1.33 bits per heavy atom. The Balaban J connectivity index is 2.12. The monoisotopic (exact) mass is 254 g/mol. The fraction of sp³-hybridized carbons (Fsp3) is 0.462. The molecule has 0 atom stereocenters. The number of benzene rings is 1. The zero-order chi connectivity index (χ0) is 13.2. The minimum Gasteiger partial charge on any atom is -0.383 e. The molecule has 1 rings (SSSR count). The number of hydrogen-bond donors (Lipinski definition) is 2. The van der Waals surface area contributed by atoms with Gasteiger partial charge in [-0.1, -0.05) is 18.2 Å². The molecule has 0 bridgehead atoms. The molecule has 1 aromatic carbocycles. The van der Waals surface area contributed by atoms with Crippen molar-refractivity contribution in [1.29, 1.82) is 0 Å². The lowest BCUT2D eigenvalue weighted by molar-refractivity contribution is -0.121. The van der Waals surface area contributed by atoms with Crippen molar-refractivity contribution in [1.82, 2.24) is 10.6 Å². The molecule has 0 spiro atoms. The highest BCUT2D eigenvalue weighted by atomic mass is 19.1. The minimum atomic E-state index is -0.227. The fourth-order valence-corrected chi connectivity index (χ4v) is 1.45. The van der Waals surface area contributed by atoms with Crippen LogP contribution in [0.4, 0.5) is 4.39 Å². The van der Waals surface area contributed by atoms with Gasteiger partial charge < -0.3 is 15.4 Å². The second-order valence-corrected chi connectivity index (χ2v) is 3.86. The largest absolute Gasteiger partial charge is 0.383 e. The molecule has 1 amide bonds. The molecule has 0 unspecified atom stereocenters. The van der Waals surface area contributed by atoms with Crippen molar-refractivity contribution >= 4 is 5.91 Å². The zero-order valence-electron chi connectivity index (χ0n) is 10.5. The summed E-state index contributed by atoms with van der Waals surface area (Å²) in [5.74, 6) is -0.261. The van der Waals surface area contributed by atoms with Crippen molar-refractivity contribution < 1.29 is 13.9 Å². The molecule has 0 aliphatic rings. The number of carbonyl (C=O) groups excluding carboxylic acids is 1. The fourth-order valence-electron chi connectivity index (χ4n) is 1.45. The van der Waals surface area contributed by atoms with Gasteiger partial charge in [-0.2, -0.15) is 0 Å². The van der Waals surface area contributed by atoms with E-state index in [-0.39, 0.29) is 11.7 Å². The number of halogens is 1. The molecule has 0 aliphatic carbocycles. The van der Waals surface area contributed by atoms with Crippen LogP contribution >= 0.6 is 0 Å². The first-order chi connectivity index (χ1) is 8.74. The molecule has 1 aromatic rings. The molecule has 0 radical (unpaired) electrons. The van der Waals surface area contributed by atoms with Crippen LogP contribution in [-0.4, -0.2) is 32.7 Å². The summed E-state index contributed by atoms with van der Waals surface area (Å²) in [5.41, 5.74) is 0.609. The lowest BCUT2D eigenvalue weighted by atomic mass is 10.2. The Morgan fingerprint density at radius 2 is 2.11 bits per heavy atom. The maximum atomic E-state index is 13.2. The van der Waals surface area contributed by atoms with Gasteiger partial charge in [0.1, 0.15) is 5.82 Å². The van der Waals surface area contributed by atoms with Crippen molar-refractivity contribution in [3.05, 3.63) is 35.6 Å². The predicted octanol–water partition coefficient (Wildman–Crippen LogP) is 1.07. The van der Waals surface area contributed by atoms with Crippen molar-refractivity contribution in [2.45, 2.75) is 13.0 Å². The van der Waals surface area contributed by atoms with E-state index in [0.717, 1.165) is 0 Å². The third kappa shape index (κ3) is 5.75. The van der Waals surface area contributed by atoms with Crippen LogP contribution in [0.5, 0.6) is 0 Å². The van der Waals surface area contributed by atoms with E-state index in [1.807, 2.05) is 0 Å². The van der Waals surface area contributed by atoms with Crippen molar-refractivity contribution in [3.63, 3.8) is 0 Å². The SMILES string of the molecule is COCCNC(=O)CCNCc1ccccc1F. The van der Waals surface area contributed by atoms with Gasteiger partial charge in [0.05, 0.1) is 6.61 Å². The molecular formula is C13H19FN2O2. The first-order valence-electron chi connectivity index (χ1n) is 5.94. The van der Waals surface area contributed by atoms with Gasteiger partial charge in [0.2, 0.25) is 5.91 Å². The van der Waals surface area contributed by atoms with Gasteiger partial charge in [0.25, 0.3) is 0 Å². The van der Waals surface area contributed by atoms with Crippen LogP contribution in [-0.2, 0) is 16.1 Å². The van der Waals surface area contributed by atoms with Gasteiger partial charge in [-0.3, -0.25) is 4.79 Å².